The van der Waals surface area contributed by atoms with Crippen molar-refractivity contribution in [1.82, 2.24) is 0 Å². The number of anilines is 2. The Morgan fingerprint density at radius 1 is 1.17 bits per heavy atom. The zero-order valence-electron chi connectivity index (χ0n) is 15.7. The monoisotopic (exact) mass is 328 g/mol. The summed E-state index contributed by atoms with van der Waals surface area (Å²) < 4.78 is 0. The van der Waals surface area contributed by atoms with Gasteiger partial charge in [-0.2, -0.15) is 0 Å². The molecule has 1 N–H and O–H groups in total. The molecule has 3 rings (SSSR count). The third-order valence-electron chi connectivity index (χ3n) is 6.24. The molecular weight excluding hydrogens is 296 g/mol. The molecule has 0 spiro atoms. The summed E-state index contributed by atoms with van der Waals surface area (Å²) in [6, 6.07) is 4.52. The number of nitrogens with one attached hydrogen (secondary N) is 1. The third kappa shape index (κ3) is 3.31. The van der Waals surface area contributed by atoms with Gasteiger partial charge >= 0.3 is 0 Å². The fourth-order valence-electron chi connectivity index (χ4n) is 4.86. The van der Waals surface area contributed by atoms with E-state index in [2.05, 4.69) is 43.1 Å². The molecule has 3 nitrogen and oxygen atoms in total. The van der Waals surface area contributed by atoms with Crippen LogP contribution in [0.15, 0.2) is 12.1 Å². The van der Waals surface area contributed by atoms with E-state index < -0.39 is 0 Å². The third-order valence-corrected chi connectivity index (χ3v) is 6.24. The lowest BCUT2D eigenvalue weighted by atomic mass is 9.73. The molecule has 1 saturated carbocycles. The minimum Gasteiger partial charge on any atom is -0.371 e. The van der Waals surface area contributed by atoms with Crippen LogP contribution in [0.5, 0.6) is 0 Å². The molecule has 0 bridgehead atoms. The first-order chi connectivity index (χ1) is 11.5. The van der Waals surface area contributed by atoms with E-state index in [1.165, 1.54) is 55.6 Å². The number of amides is 1. The standard InChI is InChI=1S/C21H32N2O/c1-5-16-8-7-9-17-12-23(13-19(16)17)18-10-14(3)21(15(4)11-18)22-20(24)6-2/h10-11,16-17,19H,5-9,12-13H2,1-4H3,(H,22,24)/t16?,17-,19?/m1/s1. The Morgan fingerprint density at radius 2 is 1.88 bits per heavy atom. The van der Waals surface area contributed by atoms with Crippen LogP contribution >= 0.6 is 0 Å². The van der Waals surface area contributed by atoms with Crippen LogP contribution in [0.4, 0.5) is 11.4 Å². The molecule has 3 atom stereocenters. The first kappa shape index (κ1) is 17.3. The summed E-state index contributed by atoms with van der Waals surface area (Å²) in [5, 5.41) is 3.05. The first-order valence-corrected chi connectivity index (χ1v) is 9.69. The molecular formula is C21H32N2O. The minimum absolute atomic E-state index is 0.0897. The number of nitrogens with zero attached hydrogens (tertiary/aromatic N) is 1. The molecule has 1 aliphatic heterocycles. The fraction of sp³-hybridized carbons (Fsp3) is 0.667. The van der Waals surface area contributed by atoms with E-state index >= 15 is 0 Å². The van der Waals surface area contributed by atoms with Crippen molar-refractivity contribution in [3.05, 3.63) is 23.3 Å². The molecule has 0 aromatic heterocycles. The number of rotatable bonds is 4. The summed E-state index contributed by atoms with van der Waals surface area (Å²) >= 11 is 0. The van der Waals surface area contributed by atoms with Gasteiger partial charge in [0.05, 0.1) is 0 Å². The van der Waals surface area contributed by atoms with Crippen LogP contribution in [0.3, 0.4) is 0 Å². The van der Waals surface area contributed by atoms with Gasteiger partial charge in [-0.25, -0.2) is 0 Å². The molecule has 1 saturated heterocycles. The second kappa shape index (κ2) is 7.16. The van der Waals surface area contributed by atoms with E-state index in [1.54, 1.807) is 0 Å². The van der Waals surface area contributed by atoms with Crippen molar-refractivity contribution in [2.45, 2.75) is 59.8 Å². The number of fused-ring (bicyclic) bond motifs is 1. The van der Waals surface area contributed by atoms with Gasteiger partial charge in [0.25, 0.3) is 0 Å². The number of carbonyl (C=O) groups is 1. The maximum atomic E-state index is 11.7. The second-order valence-electron chi connectivity index (χ2n) is 7.78. The highest BCUT2D eigenvalue weighted by molar-refractivity contribution is 5.92. The van der Waals surface area contributed by atoms with Gasteiger partial charge in [0.1, 0.15) is 0 Å². The van der Waals surface area contributed by atoms with E-state index in [9.17, 15) is 4.79 Å². The Bertz CT molecular complexity index is 587. The predicted octanol–water partition coefficient (Wildman–Crippen LogP) is 4.91. The highest BCUT2D eigenvalue weighted by atomic mass is 16.1. The highest BCUT2D eigenvalue weighted by Gasteiger charge is 2.39. The quantitative estimate of drug-likeness (QED) is 0.851. The molecule has 24 heavy (non-hydrogen) atoms. The molecule has 3 heteroatoms. The van der Waals surface area contributed by atoms with Crippen LogP contribution in [0.25, 0.3) is 0 Å². The van der Waals surface area contributed by atoms with E-state index in [1.807, 2.05) is 6.92 Å². The lowest BCUT2D eigenvalue weighted by Gasteiger charge is -2.31. The largest absolute Gasteiger partial charge is 0.371 e. The van der Waals surface area contributed by atoms with Crippen LogP contribution in [0.2, 0.25) is 0 Å². The lowest BCUT2D eigenvalue weighted by molar-refractivity contribution is -0.115. The van der Waals surface area contributed by atoms with Gasteiger partial charge in [0.2, 0.25) is 5.91 Å². The summed E-state index contributed by atoms with van der Waals surface area (Å²) in [4.78, 5) is 14.3. The average molecular weight is 329 g/mol. The second-order valence-corrected chi connectivity index (χ2v) is 7.78. The van der Waals surface area contributed by atoms with E-state index in [0.29, 0.717) is 6.42 Å². The van der Waals surface area contributed by atoms with Gasteiger partial charge < -0.3 is 10.2 Å². The number of benzene rings is 1. The minimum atomic E-state index is 0.0897. The summed E-state index contributed by atoms with van der Waals surface area (Å²) in [7, 11) is 0. The van der Waals surface area contributed by atoms with Crippen molar-refractivity contribution in [2.75, 3.05) is 23.3 Å². The Kier molecular flexibility index (Phi) is 5.17. The van der Waals surface area contributed by atoms with Gasteiger partial charge in [-0.05, 0) is 61.3 Å². The first-order valence-electron chi connectivity index (χ1n) is 9.69. The number of aryl methyl sites for hydroxylation is 2. The summed E-state index contributed by atoms with van der Waals surface area (Å²) in [5.41, 5.74) is 4.68. The molecule has 0 radical (unpaired) electrons. The fourth-order valence-corrected chi connectivity index (χ4v) is 4.86. The lowest BCUT2D eigenvalue weighted by Crippen LogP contribution is -2.26. The Labute approximate surface area is 146 Å². The molecule has 2 aliphatic rings. The smallest absolute Gasteiger partial charge is 0.224 e. The highest BCUT2D eigenvalue weighted by Crippen LogP contribution is 2.43. The molecule has 1 aliphatic carbocycles. The SMILES string of the molecule is CCC(=O)Nc1c(C)cc(N2CC3C(CC)CCC[C@@H]3C2)cc1C. The van der Waals surface area contributed by atoms with E-state index in [0.717, 1.165) is 23.4 Å². The topological polar surface area (TPSA) is 32.3 Å². The zero-order valence-corrected chi connectivity index (χ0v) is 15.7. The van der Waals surface area contributed by atoms with Crippen LogP contribution in [0, 0.1) is 31.6 Å². The maximum absolute atomic E-state index is 11.7. The molecule has 1 amide bonds. The molecule has 2 fully saturated rings. The van der Waals surface area contributed by atoms with Crippen LogP contribution in [0.1, 0.15) is 57.1 Å². The Morgan fingerprint density at radius 3 is 2.50 bits per heavy atom. The predicted molar refractivity (Wildman–Crippen MR) is 102 cm³/mol. The number of hydrogen-bond acceptors (Lipinski definition) is 2. The van der Waals surface area contributed by atoms with Gasteiger partial charge in [-0.15, -0.1) is 0 Å². The molecule has 1 aromatic rings. The maximum Gasteiger partial charge on any atom is 0.224 e. The van der Waals surface area contributed by atoms with Gasteiger partial charge in [0.15, 0.2) is 0 Å². The van der Waals surface area contributed by atoms with Crippen molar-refractivity contribution in [2.24, 2.45) is 17.8 Å². The van der Waals surface area contributed by atoms with Gasteiger partial charge in [-0.1, -0.05) is 33.1 Å². The normalized spacial score (nSPS) is 26.3. The van der Waals surface area contributed by atoms with Crippen molar-refractivity contribution in [3.8, 4) is 0 Å². The van der Waals surface area contributed by atoms with Crippen molar-refractivity contribution in [3.63, 3.8) is 0 Å². The van der Waals surface area contributed by atoms with Crippen molar-refractivity contribution < 1.29 is 4.79 Å². The van der Waals surface area contributed by atoms with Gasteiger partial charge in [0, 0.05) is 30.9 Å². The summed E-state index contributed by atoms with van der Waals surface area (Å²) in [6.07, 6.45) is 6.09. The van der Waals surface area contributed by atoms with Crippen LogP contribution in [-0.2, 0) is 4.79 Å². The summed E-state index contributed by atoms with van der Waals surface area (Å²) in [6.45, 7) is 10.9. The number of hydrogen-bond donors (Lipinski definition) is 1. The zero-order chi connectivity index (χ0) is 17.3. The van der Waals surface area contributed by atoms with E-state index in [4.69, 9.17) is 0 Å². The van der Waals surface area contributed by atoms with Crippen molar-refractivity contribution in [1.29, 1.82) is 0 Å². The van der Waals surface area contributed by atoms with Gasteiger partial charge in [-0.3, -0.25) is 4.79 Å². The molecule has 1 heterocycles. The summed E-state index contributed by atoms with van der Waals surface area (Å²) in [5.74, 6) is 2.76. The Balaban J connectivity index is 1.79. The van der Waals surface area contributed by atoms with Crippen LogP contribution in [-0.4, -0.2) is 19.0 Å². The molecule has 132 valence electrons. The van der Waals surface area contributed by atoms with E-state index in [-0.39, 0.29) is 5.91 Å². The Hall–Kier alpha value is -1.51. The molecule has 1 aromatic carbocycles. The molecule has 2 unspecified atom stereocenters. The average Bonchev–Trinajstić information content (AvgIpc) is 3.01. The van der Waals surface area contributed by atoms with Crippen molar-refractivity contribution >= 4 is 17.3 Å². The number of carbonyl (C=O) groups excluding carboxylic acids is 1. The van der Waals surface area contributed by atoms with Crippen LogP contribution < -0.4 is 10.2 Å².